The number of para-hydroxylation sites is 1. The second-order valence-corrected chi connectivity index (χ2v) is 27.3. The van der Waals surface area contributed by atoms with Crippen molar-refractivity contribution in [3.63, 3.8) is 0 Å². The Balaban J connectivity index is 1.27. The summed E-state index contributed by atoms with van der Waals surface area (Å²) in [6.45, 7) is -0.430. The molecule has 19 atom stereocenters. The van der Waals surface area contributed by atoms with Gasteiger partial charge in [0, 0.05) is 41.4 Å². The Labute approximate surface area is 567 Å². The van der Waals surface area contributed by atoms with Crippen molar-refractivity contribution in [1.82, 2.24) is 47.5 Å². The van der Waals surface area contributed by atoms with Crippen LogP contribution in [0.4, 0.5) is 0 Å². The average molecular weight is 1480 g/mol. The number of phenolic OH excluding ortho intramolecular Hbond substituents is 1. The summed E-state index contributed by atoms with van der Waals surface area (Å²) in [7, 11) is 1.77. The number of aromatic amines is 1. The molecule has 3 aliphatic heterocycles. The smallest absolute Gasteiger partial charge is 0.245 e. The molecule has 0 spiro atoms. The van der Waals surface area contributed by atoms with Crippen molar-refractivity contribution in [2.24, 2.45) is 5.73 Å². The SMILES string of the molecule is C[C@@H](O)[C@H](CO)NC(=O)[C@@H]1CSSC[C@H](NC(=O)[C@@H](Cc2ccccc2)NC[C@@]2(O)OC[C@@H](O)[C@@H](O[C@H]3O[C@H](CO)[C@@H](O)[C@H](O)[C@H]3O)[C@@H]2O)C(=O)N[C@@H](Cc2ccc(O)c([123I])c2)C(=O)N[C@H](Cc2c[nH]c3ccccc23)C(=O)N[C@@H](CCCCN)C(=O)N[C@@H]([C@@H](C)O)C(=O)N1. The lowest BCUT2D eigenvalue weighted by Crippen LogP contribution is -2.68. The molecule has 4 heterocycles. The highest BCUT2D eigenvalue weighted by atomic mass is 123. The second-order valence-electron chi connectivity index (χ2n) is 23.6. The first-order valence-corrected chi connectivity index (χ1v) is 34.3. The normalized spacial score (nSPS) is 29.9. The predicted octanol–water partition coefficient (Wildman–Crippen LogP) is -5.24. The van der Waals surface area contributed by atoms with Crippen LogP contribution < -0.4 is 48.3 Å². The van der Waals surface area contributed by atoms with Crippen molar-refractivity contribution in [3.8, 4) is 5.75 Å². The fourth-order valence-electron chi connectivity index (χ4n) is 10.7. The number of hydrogen-bond acceptors (Lipinski definition) is 25. The van der Waals surface area contributed by atoms with E-state index in [-0.39, 0.29) is 50.2 Å². The molecule has 7 rings (SSSR count). The number of carbonyl (C=O) groups excluding carboxylic acids is 7. The lowest BCUT2D eigenvalue weighted by molar-refractivity contribution is -0.367. The second kappa shape index (κ2) is 36.1. The number of benzene rings is 3. The molecule has 0 unspecified atom stereocenters. The number of ether oxygens (including phenoxy) is 3. The lowest BCUT2D eigenvalue weighted by atomic mass is 9.95. The van der Waals surface area contributed by atoms with E-state index in [0.717, 1.165) is 21.6 Å². The summed E-state index contributed by atoms with van der Waals surface area (Å²) in [5.41, 5.74) is 7.99. The van der Waals surface area contributed by atoms with Crippen LogP contribution in [0.2, 0.25) is 0 Å². The van der Waals surface area contributed by atoms with Crippen LogP contribution in [0.3, 0.4) is 0 Å². The van der Waals surface area contributed by atoms with E-state index in [1.54, 1.807) is 66.9 Å². The number of amides is 7. The van der Waals surface area contributed by atoms with Gasteiger partial charge in [-0.05, 0) is 104 Å². The summed E-state index contributed by atoms with van der Waals surface area (Å²) in [5, 5.41) is 140. The third-order valence-corrected chi connectivity index (χ3v) is 19.7. The number of H-pyrrole nitrogens is 1. The van der Waals surface area contributed by atoms with E-state index in [1.165, 1.54) is 26.0 Å². The molecule has 4 aromatic rings. The Morgan fingerprint density at radius 2 is 1.45 bits per heavy atom. The maximum atomic E-state index is 15.3. The third-order valence-electron chi connectivity index (χ3n) is 16.4. The van der Waals surface area contributed by atoms with E-state index < -0.39 is 189 Å². The molecule has 3 fully saturated rings. The molecule has 22 N–H and O–H groups in total. The van der Waals surface area contributed by atoms with E-state index >= 15 is 14.4 Å². The van der Waals surface area contributed by atoms with Crippen LogP contribution in [0.25, 0.3) is 10.9 Å². The summed E-state index contributed by atoms with van der Waals surface area (Å²) in [6, 6.07) is 7.66. The van der Waals surface area contributed by atoms with E-state index in [9.17, 15) is 75.3 Å². The Kier molecular flexibility index (Phi) is 29.1. The fraction of sp³-hybridized carbons (Fsp3) is 0.557. The minimum atomic E-state index is -2.72. The summed E-state index contributed by atoms with van der Waals surface area (Å²) in [5.74, 6) is -10.3. The number of nitrogens with one attached hydrogen (secondary N) is 9. The highest BCUT2D eigenvalue weighted by molar-refractivity contribution is 14.1. The number of fused-ring (bicyclic) bond motifs is 1. The highest BCUT2D eigenvalue weighted by Gasteiger charge is 2.53. The van der Waals surface area contributed by atoms with E-state index in [1.807, 2.05) is 22.6 Å². The number of hydrogen-bond donors (Lipinski definition) is 21. The van der Waals surface area contributed by atoms with Crippen molar-refractivity contribution in [2.45, 2.75) is 168 Å². The molecular weight excluding hydrogens is 1400 g/mol. The van der Waals surface area contributed by atoms with Crippen LogP contribution in [-0.2, 0) is 67.0 Å². The standard InChI is InChI=1S/C61H85IN10O21S2/c1-29(75)41(23-73)69-58(88)43-27-95-94-26-42(70-54(84)38(19-31-10-4-3-5-11-31)65-28-61(90)52(82)51(45(78)25-91-61)93-60-50(81)49(80)48(79)46(24-74)92-60)57(87)67-39(20-32-15-16-44(77)35(62)18-32)55(85)68-40(21-33-22-64-36-13-7-6-12-34(33)36)56(86)66-37(14-8-9-17-63)53(83)72-47(30(2)76)59(89)71-43/h3-7,10-13,15-16,18,22,29-30,37-43,45-52,60,64-65,73-82,90H,8-9,14,17,19-21,23-28,63H2,1-2H3,(H,66,86)(H,67,87)(H,68,85)(H,69,88)(H,70,84)(H,71,89)(H,72,83)/t29-,30-,37+,38-,39+,40-,41+,42+,43+,45-,46-,47+,48-,49+,50-,51-,52+,60-,61-/m1/s1/i62-4. The molecule has 31 nitrogen and oxygen atoms in total. The number of aliphatic hydroxyl groups is 10. The molecule has 3 saturated heterocycles. The number of halogens is 1. The Bertz CT molecular complexity index is 3220. The average Bonchev–Trinajstić information content (AvgIpc) is 1.24. The largest absolute Gasteiger partial charge is 0.507 e. The number of aromatic nitrogens is 1. The highest BCUT2D eigenvalue weighted by Crippen LogP contribution is 2.31. The first-order valence-electron chi connectivity index (χ1n) is 30.8. The first kappa shape index (κ1) is 76.5. The molecule has 7 amide bonds. The number of aliphatic hydroxyl groups excluding tert-OH is 9. The van der Waals surface area contributed by atoms with Gasteiger partial charge in [0.25, 0.3) is 0 Å². The van der Waals surface area contributed by atoms with Gasteiger partial charge < -0.3 is 124 Å². The van der Waals surface area contributed by atoms with Gasteiger partial charge in [0.1, 0.15) is 84.7 Å². The van der Waals surface area contributed by atoms with Gasteiger partial charge in [0.05, 0.1) is 54.2 Å². The molecule has 95 heavy (non-hydrogen) atoms. The number of aromatic hydroxyl groups is 1. The molecule has 0 radical (unpaired) electrons. The first-order chi connectivity index (χ1) is 45.2. The predicted molar refractivity (Wildman–Crippen MR) is 352 cm³/mol. The van der Waals surface area contributed by atoms with Crippen molar-refractivity contribution < 1.29 is 104 Å². The molecule has 1 aromatic heterocycles. The van der Waals surface area contributed by atoms with Crippen LogP contribution >= 0.6 is 44.2 Å². The summed E-state index contributed by atoms with van der Waals surface area (Å²) >= 11 is 1.88. The number of nitrogens with two attached hydrogens (primary N) is 1. The van der Waals surface area contributed by atoms with Gasteiger partial charge in [-0.3, -0.25) is 33.6 Å². The van der Waals surface area contributed by atoms with Gasteiger partial charge in [0.15, 0.2) is 6.29 Å². The van der Waals surface area contributed by atoms with E-state index in [0.29, 0.717) is 37.6 Å². The molecular formula is C61H85IN10O21S2. The Hall–Kier alpha value is -5.88. The number of rotatable bonds is 23. The summed E-state index contributed by atoms with van der Waals surface area (Å²) < 4.78 is 17.0. The van der Waals surface area contributed by atoms with Crippen LogP contribution in [0.5, 0.6) is 5.75 Å². The van der Waals surface area contributed by atoms with Gasteiger partial charge in [0.2, 0.25) is 47.1 Å². The van der Waals surface area contributed by atoms with Crippen molar-refractivity contribution in [1.29, 1.82) is 0 Å². The van der Waals surface area contributed by atoms with Crippen molar-refractivity contribution in [3.05, 3.63) is 99.3 Å². The maximum absolute atomic E-state index is 15.3. The lowest BCUT2D eigenvalue weighted by Gasteiger charge is -2.47. The van der Waals surface area contributed by atoms with Crippen LogP contribution in [-0.4, -0.2) is 262 Å². The summed E-state index contributed by atoms with van der Waals surface area (Å²) in [4.78, 5) is 106. The molecule has 524 valence electrons. The minimum absolute atomic E-state index is 0.0604. The number of unbranched alkanes of at least 4 members (excludes halogenated alkanes) is 1. The summed E-state index contributed by atoms with van der Waals surface area (Å²) in [6.07, 6.45) is -16.2. The third kappa shape index (κ3) is 20.8. The molecule has 34 heteroatoms. The van der Waals surface area contributed by atoms with Gasteiger partial charge in [-0.25, -0.2) is 0 Å². The Morgan fingerprint density at radius 1 is 0.789 bits per heavy atom. The zero-order valence-electron chi connectivity index (χ0n) is 51.9. The monoisotopic (exact) mass is 1480 g/mol. The maximum Gasteiger partial charge on any atom is 0.245 e. The fourth-order valence-corrected chi connectivity index (χ4v) is 13.6. The van der Waals surface area contributed by atoms with Gasteiger partial charge in [-0.15, -0.1) is 0 Å². The topological polar surface area (TPSA) is 508 Å². The molecule has 0 aliphatic carbocycles. The molecule has 3 aliphatic rings. The van der Waals surface area contributed by atoms with Gasteiger partial charge >= 0.3 is 0 Å². The Morgan fingerprint density at radius 3 is 2.13 bits per heavy atom. The zero-order chi connectivity index (χ0) is 69.3. The minimum Gasteiger partial charge on any atom is -0.507 e. The van der Waals surface area contributed by atoms with Crippen molar-refractivity contribution in [2.75, 3.05) is 44.4 Å². The zero-order valence-corrected chi connectivity index (χ0v) is 55.7. The quantitative estimate of drug-likeness (QED) is 0.0187. The van der Waals surface area contributed by atoms with Gasteiger partial charge in [-0.1, -0.05) is 76.2 Å². The van der Waals surface area contributed by atoms with E-state index in [4.69, 9.17) is 19.9 Å². The molecule has 0 bridgehead atoms. The van der Waals surface area contributed by atoms with Crippen LogP contribution in [0, 0.1) is 3.57 Å². The molecule has 3 aromatic carbocycles. The molecule has 0 saturated carbocycles. The number of phenols is 1. The van der Waals surface area contributed by atoms with Gasteiger partial charge in [-0.2, -0.15) is 0 Å². The number of carbonyl (C=O) groups is 7. The van der Waals surface area contributed by atoms with Crippen LogP contribution in [0.1, 0.15) is 49.8 Å². The van der Waals surface area contributed by atoms with Crippen molar-refractivity contribution >= 4 is 96.4 Å². The van der Waals surface area contributed by atoms with E-state index in [2.05, 4.69) is 47.5 Å². The van der Waals surface area contributed by atoms with Crippen LogP contribution in [0.15, 0.2) is 79.0 Å².